The molecule has 0 saturated heterocycles. The van der Waals surface area contributed by atoms with E-state index in [9.17, 15) is 0 Å². The van der Waals surface area contributed by atoms with E-state index < -0.39 is 0 Å². The van der Waals surface area contributed by atoms with Gasteiger partial charge in [0.1, 0.15) is 0 Å². The number of nitrogens with two attached hydrogens (primary N) is 1. The molecule has 0 spiro atoms. The van der Waals surface area contributed by atoms with Gasteiger partial charge < -0.3 is 5.73 Å². The summed E-state index contributed by atoms with van der Waals surface area (Å²) in [5.41, 5.74) is 6.17. The number of hydrogen-bond donors (Lipinski definition) is 1. The molecule has 14 heavy (non-hydrogen) atoms. The SMILES string of the molecule is CC1CC(CN)(N2CCC=C(Cl)C2)C1. The van der Waals surface area contributed by atoms with Crippen LogP contribution >= 0.6 is 11.6 Å². The molecule has 1 aliphatic heterocycles. The van der Waals surface area contributed by atoms with Gasteiger partial charge in [-0.25, -0.2) is 0 Å². The van der Waals surface area contributed by atoms with Crippen LogP contribution in [0.1, 0.15) is 26.2 Å². The normalized spacial score (nSPS) is 39.1. The summed E-state index contributed by atoms with van der Waals surface area (Å²) in [6.45, 7) is 5.11. The van der Waals surface area contributed by atoms with Gasteiger partial charge in [-0.15, -0.1) is 0 Å². The van der Waals surface area contributed by atoms with Gasteiger partial charge in [0.25, 0.3) is 0 Å². The zero-order valence-electron chi connectivity index (χ0n) is 8.80. The third-order valence-electron chi connectivity index (χ3n) is 3.61. The fourth-order valence-electron chi connectivity index (χ4n) is 2.90. The van der Waals surface area contributed by atoms with Crippen LogP contribution in [0.3, 0.4) is 0 Å². The summed E-state index contributed by atoms with van der Waals surface area (Å²) in [4.78, 5) is 2.48. The summed E-state index contributed by atoms with van der Waals surface area (Å²) in [5.74, 6) is 0.836. The molecule has 0 aromatic carbocycles. The number of nitrogens with zero attached hydrogens (tertiary/aromatic N) is 1. The Morgan fingerprint density at radius 1 is 1.64 bits per heavy atom. The lowest BCUT2D eigenvalue weighted by Crippen LogP contribution is -2.62. The maximum absolute atomic E-state index is 6.07. The largest absolute Gasteiger partial charge is 0.329 e. The Labute approximate surface area is 91.1 Å². The van der Waals surface area contributed by atoms with Crippen LogP contribution in [-0.4, -0.2) is 30.1 Å². The lowest BCUT2D eigenvalue weighted by molar-refractivity contribution is -0.00704. The van der Waals surface area contributed by atoms with Crippen molar-refractivity contribution in [2.75, 3.05) is 19.6 Å². The predicted molar refractivity (Wildman–Crippen MR) is 60.3 cm³/mol. The van der Waals surface area contributed by atoms with E-state index in [2.05, 4.69) is 17.9 Å². The standard InChI is InChI=1S/C11H19ClN2/c1-9-5-11(6-9,8-13)14-4-2-3-10(12)7-14/h3,9H,2,4-8,13H2,1H3. The van der Waals surface area contributed by atoms with Crippen molar-refractivity contribution in [1.82, 2.24) is 4.90 Å². The van der Waals surface area contributed by atoms with Crippen LogP contribution in [0.5, 0.6) is 0 Å². The van der Waals surface area contributed by atoms with Crippen LogP contribution in [-0.2, 0) is 0 Å². The highest BCUT2D eigenvalue weighted by molar-refractivity contribution is 6.29. The molecular formula is C11H19ClN2. The highest BCUT2D eigenvalue weighted by Gasteiger charge is 2.45. The van der Waals surface area contributed by atoms with E-state index in [-0.39, 0.29) is 5.54 Å². The van der Waals surface area contributed by atoms with E-state index in [1.807, 2.05) is 0 Å². The second kappa shape index (κ2) is 3.84. The first kappa shape index (κ1) is 10.5. The Bertz CT molecular complexity index is 244. The van der Waals surface area contributed by atoms with Crippen molar-refractivity contribution in [3.63, 3.8) is 0 Å². The topological polar surface area (TPSA) is 29.3 Å². The summed E-state index contributed by atoms with van der Waals surface area (Å²) in [5, 5.41) is 0.989. The third-order valence-corrected chi connectivity index (χ3v) is 3.89. The highest BCUT2D eigenvalue weighted by Crippen LogP contribution is 2.42. The van der Waals surface area contributed by atoms with Crippen molar-refractivity contribution in [1.29, 1.82) is 0 Å². The van der Waals surface area contributed by atoms with Crippen LogP contribution < -0.4 is 5.73 Å². The Kier molecular flexibility index (Phi) is 2.87. The second-order valence-electron chi connectivity index (χ2n) is 4.80. The van der Waals surface area contributed by atoms with Crippen molar-refractivity contribution in [2.45, 2.75) is 31.7 Å². The van der Waals surface area contributed by atoms with Crippen LogP contribution in [0.4, 0.5) is 0 Å². The van der Waals surface area contributed by atoms with E-state index in [4.69, 9.17) is 17.3 Å². The molecule has 1 aliphatic carbocycles. The molecule has 2 aliphatic rings. The zero-order valence-corrected chi connectivity index (χ0v) is 9.56. The molecule has 2 N–H and O–H groups in total. The molecule has 0 radical (unpaired) electrons. The zero-order chi connectivity index (χ0) is 10.2. The Hall–Kier alpha value is -0.0500. The molecule has 2 rings (SSSR count). The molecule has 80 valence electrons. The summed E-state index contributed by atoms with van der Waals surface area (Å²) in [6, 6.07) is 0. The molecule has 0 amide bonds. The first-order valence-electron chi connectivity index (χ1n) is 5.46. The van der Waals surface area contributed by atoms with Gasteiger partial charge in [-0.05, 0) is 25.2 Å². The second-order valence-corrected chi connectivity index (χ2v) is 5.29. The Morgan fingerprint density at radius 3 is 2.86 bits per heavy atom. The Morgan fingerprint density at radius 2 is 2.36 bits per heavy atom. The van der Waals surface area contributed by atoms with Gasteiger partial charge in [0.05, 0.1) is 0 Å². The van der Waals surface area contributed by atoms with Crippen LogP contribution in [0.2, 0.25) is 0 Å². The number of rotatable bonds is 2. The lowest BCUT2D eigenvalue weighted by Gasteiger charge is -2.54. The predicted octanol–water partition coefficient (Wildman–Crippen LogP) is 1.94. The van der Waals surface area contributed by atoms with Crippen molar-refractivity contribution in [3.05, 3.63) is 11.1 Å². The minimum atomic E-state index is 0.272. The molecule has 0 aromatic heterocycles. The molecule has 2 nitrogen and oxygen atoms in total. The van der Waals surface area contributed by atoms with Crippen LogP contribution in [0.25, 0.3) is 0 Å². The van der Waals surface area contributed by atoms with E-state index in [0.717, 1.165) is 37.0 Å². The summed E-state index contributed by atoms with van der Waals surface area (Å²) >= 11 is 6.07. The lowest BCUT2D eigenvalue weighted by atomic mass is 9.67. The minimum absolute atomic E-state index is 0.272. The maximum atomic E-state index is 6.07. The van der Waals surface area contributed by atoms with E-state index in [0.29, 0.717) is 0 Å². The number of halogens is 1. The fourth-order valence-corrected chi connectivity index (χ4v) is 3.15. The van der Waals surface area contributed by atoms with Crippen molar-refractivity contribution >= 4 is 11.6 Å². The van der Waals surface area contributed by atoms with Gasteiger partial charge >= 0.3 is 0 Å². The summed E-state index contributed by atoms with van der Waals surface area (Å²) < 4.78 is 0. The average molecular weight is 215 g/mol. The van der Waals surface area contributed by atoms with Gasteiger partial charge in [-0.2, -0.15) is 0 Å². The first-order chi connectivity index (χ1) is 6.66. The summed E-state index contributed by atoms with van der Waals surface area (Å²) in [7, 11) is 0. The third kappa shape index (κ3) is 1.71. The van der Waals surface area contributed by atoms with Crippen molar-refractivity contribution in [3.8, 4) is 0 Å². The van der Waals surface area contributed by atoms with Gasteiger partial charge in [-0.1, -0.05) is 24.6 Å². The fraction of sp³-hybridized carbons (Fsp3) is 0.818. The first-order valence-corrected chi connectivity index (χ1v) is 5.84. The monoisotopic (exact) mass is 214 g/mol. The molecule has 0 aromatic rings. The van der Waals surface area contributed by atoms with Crippen LogP contribution in [0, 0.1) is 5.92 Å². The molecule has 3 heteroatoms. The molecule has 1 fully saturated rings. The van der Waals surface area contributed by atoms with Gasteiger partial charge in [0.2, 0.25) is 0 Å². The van der Waals surface area contributed by atoms with Crippen molar-refractivity contribution in [2.24, 2.45) is 11.7 Å². The van der Waals surface area contributed by atoms with E-state index in [1.165, 1.54) is 12.8 Å². The molecule has 1 heterocycles. The van der Waals surface area contributed by atoms with Crippen LogP contribution in [0.15, 0.2) is 11.1 Å². The molecule has 0 unspecified atom stereocenters. The smallest absolute Gasteiger partial charge is 0.0344 e. The number of hydrogen-bond acceptors (Lipinski definition) is 2. The van der Waals surface area contributed by atoms with Gasteiger partial charge in [0, 0.05) is 30.2 Å². The van der Waals surface area contributed by atoms with Gasteiger partial charge in [-0.3, -0.25) is 4.90 Å². The maximum Gasteiger partial charge on any atom is 0.0344 e. The quantitative estimate of drug-likeness (QED) is 0.762. The minimum Gasteiger partial charge on any atom is -0.329 e. The van der Waals surface area contributed by atoms with Crippen molar-refractivity contribution < 1.29 is 0 Å². The average Bonchev–Trinajstić information content (AvgIpc) is 2.12. The van der Waals surface area contributed by atoms with E-state index in [1.54, 1.807) is 0 Å². The molecule has 1 saturated carbocycles. The Balaban J connectivity index is 2.03. The molecule has 0 atom stereocenters. The van der Waals surface area contributed by atoms with E-state index >= 15 is 0 Å². The summed E-state index contributed by atoms with van der Waals surface area (Å²) in [6.07, 6.45) is 5.70. The van der Waals surface area contributed by atoms with Gasteiger partial charge in [0.15, 0.2) is 0 Å². The molecular weight excluding hydrogens is 196 g/mol. The molecule has 0 bridgehead atoms. The highest BCUT2D eigenvalue weighted by atomic mass is 35.5.